The van der Waals surface area contributed by atoms with Crippen LogP contribution in [0.15, 0.2) is 5.16 Å². The molecule has 24 heavy (non-hydrogen) atoms. The molecule has 1 unspecified atom stereocenters. The molecule has 0 aliphatic carbocycles. The van der Waals surface area contributed by atoms with Crippen molar-refractivity contribution in [1.29, 1.82) is 0 Å². The molecule has 1 atom stereocenters. The minimum atomic E-state index is -5.08. The summed E-state index contributed by atoms with van der Waals surface area (Å²) in [4.78, 5) is 22.4. The lowest BCUT2D eigenvalue weighted by Crippen LogP contribution is -2.22. The number of alkyl halides is 6. The fraction of sp³-hybridized carbons (Fsp3) is 0.700. The molecule has 0 bridgehead atoms. The number of oxime groups is 1. The lowest BCUT2D eigenvalue weighted by Gasteiger charge is -2.03. The van der Waals surface area contributed by atoms with Gasteiger partial charge in [0.2, 0.25) is 0 Å². The number of halogens is 6. The first kappa shape index (κ1) is 24.2. The summed E-state index contributed by atoms with van der Waals surface area (Å²) in [5.74, 6) is -5.14. The van der Waals surface area contributed by atoms with Crippen LogP contribution in [0.4, 0.5) is 26.3 Å². The molecule has 8 nitrogen and oxygen atoms in total. The van der Waals surface area contributed by atoms with Gasteiger partial charge in [0.25, 0.3) is 0 Å². The molecule has 0 aromatic carbocycles. The summed E-state index contributed by atoms with van der Waals surface area (Å²) < 4.78 is 63.5. The summed E-state index contributed by atoms with van der Waals surface area (Å²) >= 11 is 0. The molecular formula is C10H15F6N3O5. The van der Waals surface area contributed by atoms with Gasteiger partial charge in [-0.05, 0) is 0 Å². The van der Waals surface area contributed by atoms with Crippen molar-refractivity contribution in [3.05, 3.63) is 0 Å². The number of carboxylic acids is 2. The Morgan fingerprint density at radius 1 is 1.21 bits per heavy atom. The summed E-state index contributed by atoms with van der Waals surface area (Å²) in [6.45, 7) is 2.39. The molecule has 0 aromatic rings. The predicted octanol–water partition coefficient (Wildman–Crippen LogP) is 0.433. The monoisotopic (exact) mass is 371 g/mol. The zero-order valence-corrected chi connectivity index (χ0v) is 12.1. The van der Waals surface area contributed by atoms with Crippen LogP contribution in [-0.4, -0.2) is 67.0 Å². The number of nitrogens with zero attached hydrogens (tertiary/aromatic N) is 1. The second kappa shape index (κ2) is 10.6. The Labute approximate surface area is 131 Å². The quantitative estimate of drug-likeness (QED) is 0.409. The van der Waals surface area contributed by atoms with E-state index in [1.54, 1.807) is 7.11 Å². The van der Waals surface area contributed by atoms with Gasteiger partial charge in [-0.15, -0.1) is 0 Å². The normalized spacial score (nSPS) is 18.8. The fourth-order valence-corrected chi connectivity index (χ4v) is 1.08. The van der Waals surface area contributed by atoms with Crippen LogP contribution in [0.1, 0.15) is 0 Å². The average Bonchev–Trinajstić information content (AvgIpc) is 2.85. The highest BCUT2D eigenvalue weighted by atomic mass is 19.4. The van der Waals surface area contributed by atoms with E-state index in [0.717, 1.165) is 18.8 Å². The Morgan fingerprint density at radius 3 is 1.83 bits per heavy atom. The topological polar surface area (TPSA) is 134 Å². The molecule has 0 saturated carbocycles. The molecule has 0 amide bonds. The number of carboxylic acid groups (broad SMARTS) is 2. The molecule has 1 saturated heterocycles. The van der Waals surface area contributed by atoms with E-state index in [0.29, 0.717) is 12.5 Å². The van der Waals surface area contributed by atoms with Crippen molar-refractivity contribution in [2.24, 2.45) is 16.8 Å². The van der Waals surface area contributed by atoms with Crippen molar-refractivity contribution >= 4 is 17.7 Å². The average molecular weight is 371 g/mol. The molecule has 1 aliphatic rings. The largest absolute Gasteiger partial charge is 0.490 e. The van der Waals surface area contributed by atoms with Crippen molar-refractivity contribution in [2.45, 2.75) is 12.4 Å². The Morgan fingerprint density at radius 2 is 1.58 bits per heavy atom. The molecule has 0 radical (unpaired) electrons. The third kappa shape index (κ3) is 11.5. The van der Waals surface area contributed by atoms with Gasteiger partial charge < -0.3 is 26.1 Å². The standard InChI is InChI=1S/C6H13N3O.2C2HF3O2/c1-10-9-6-4-8-3-5(6)2-7;2*3-2(4,5)1(6)7/h5,8H,2-4,7H2,1H3;2*(H,6,7)/b9-6+;;. The number of nitrogens with one attached hydrogen (secondary N) is 1. The Balaban J connectivity index is 0. The highest BCUT2D eigenvalue weighted by molar-refractivity contribution is 5.90. The van der Waals surface area contributed by atoms with Crippen LogP contribution in [0.25, 0.3) is 0 Å². The molecule has 1 heterocycles. The first-order valence-corrected chi connectivity index (χ1v) is 5.88. The Hall–Kier alpha value is -2.09. The van der Waals surface area contributed by atoms with Gasteiger partial charge in [-0.25, -0.2) is 9.59 Å². The van der Waals surface area contributed by atoms with Gasteiger partial charge in [-0.1, -0.05) is 5.16 Å². The van der Waals surface area contributed by atoms with Crippen LogP contribution in [0, 0.1) is 5.92 Å². The molecule has 0 spiro atoms. The number of hydrogen-bond acceptors (Lipinski definition) is 6. The lowest BCUT2D eigenvalue weighted by molar-refractivity contribution is -0.193. The maximum Gasteiger partial charge on any atom is 0.490 e. The molecular weight excluding hydrogens is 356 g/mol. The van der Waals surface area contributed by atoms with Gasteiger partial charge >= 0.3 is 24.3 Å². The number of carbonyl (C=O) groups is 2. The zero-order chi connectivity index (χ0) is 19.6. The van der Waals surface area contributed by atoms with Crippen LogP contribution in [0.2, 0.25) is 0 Å². The van der Waals surface area contributed by atoms with E-state index in [9.17, 15) is 26.3 Å². The van der Waals surface area contributed by atoms with E-state index in [2.05, 4.69) is 15.3 Å². The molecule has 142 valence electrons. The van der Waals surface area contributed by atoms with Crippen molar-refractivity contribution in [3.8, 4) is 0 Å². The predicted molar refractivity (Wildman–Crippen MR) is 67.2 cm³/mol. The summed E-state index contributed by atoms with van der Waals surface area (Å²) in [6.07, 6.45) is -10.2. The van der Waals surface area contributed by atoms with Gasteiger partial charge in [0.05, 0.1) is 5.71 Å². The summed E-state index contributed by atoms with van der Waals surface area (Å²) in [5.41, 5.74) is 6.51. The van der Waals surface area contributed by atoms with E-state index < -0.39 is 24.3 Å². The minimum absolute atomic E-state index is 0.375. The van der Waals surface area contributed by atoms with Crippen molar-refractivity contribution in [2.75, 3.05) is 26.7 Å². The number of hydrogen-bond donors (Lipinski definition) is 4. The third-order valence-electron chi connectivity index (χ3n) is 2.15. The SMILES string of the molecule is CO/N=C1\CNCC1CN.O=C(O)C(F)(F)F.O=C(O)C(F)(F)F. The summed E-state index contributed by atoms with van der Waals surface area (Å²) in [6, 6.07) is 0. The molecule has 14 heteroatoms. The van der Waals surface area contributed by atoms with Crippen LogP contribution >= 0.6 is 0 Å². The maximum absolute atomic E-state index is 10.6. The van der Waals surface area contributed by atoms with Gasteiger partial charge in [0, 0.05) is 25.6 Å². The van der Waals surface area contributed by atoms with E-state index >= 15 is 0 Å². The van der Waals surface area contributed by atoms with Gasteiger partial charge in [-0.3, -0.25) is 0 Å². The van der Waals surface area contributed by atoms with Gasteiger partial charge in [0.15, 0.2) is 0 Å². The summed E-state index contributed by atoms with van der Waals surface area (Å²) in [5, 5.41) is 21.3. The molecule has 1 fully saturated rings. The van der Waals surface area contributed by atoms with Crippen molar-refractivity contribution < 1.29 is 51.0 Å². The number of rotatable bonds is 2. The summed E-state index contributed by atoms with van der Waals surface area (Å²) in [7, 11) is 1.55. The van der Waals surface area contributed by atoms with Crippen molar-refractivity contribution in [1.82, 2.24) is 5.32 Å². The third-order valence-corrected chi connectivity index (χ3v) is 2.15. The molecule has 1 rings (SSSR count). The van der Waals surface area contributed by atoms with Crippen molar-refractivity contribution in [3.63, 3.8) is 0 Å². The highest BCUT2D eigenvalue weighted by Gasteiger charge is 2.38. The maximum atomic E-state index is 10.6. The fourth-order valence-electron chi connectivity index (χ4n) is 1.08. The van der Waals surface area contributed by atoms with E-state index in [4.69, 9.17) is 25.5 Å². The molecule has 1 aliphatic heterocycles. The van der Waals surface area contributed by atoms with Crippen LogP contribution in [0.5, 0.6) is 0 Å². The van der Waals surface area contributed by atoms with Gasteiger partial charge in [-0.2, -0.15) is 26.3 Å². The minimum Gasteiger partial charge on any atom is -0.475 e. The Bertz CT molecular complexity index is 414. The first-order chi connectivity index (χ1) is 10.8. The smallest absolute Gasteiger partial charge is 0.475 e. The van der Waals surface area contributed by atoms with Crippen LogP contribution in [-0.2, 0) is 14.4 Å². The number of aliphatic carboxylic acids is 2. The molecule has 5 N–H and O–H groups in total. The second-order valence-corrected chi connectivity index (χ2v) is 3.93. The highest BCUT2D eigenvalue weighted by Crippen LogP contribution is 2.13. The number of nitrogens with two attached hydrogens (primary N) is 1. The lowest BCUT2D eigenvalue weighted by atomic mass is 10.1. The van der Waals surface area contributed by atoms with E-state index in [-0.39, 0.29) is 0 Å². The zero-order valence-electron chi connectivity index (χ0n) is 12.1. The first-order valence-electron chi connectivity index (χ1n) is 5.88. The van der Waals surface area contributed by atoms with E-state index in [1.807, 2.05) is 0 Å². The van der Waals surface area contributed by atoms with Gasteiger partial charge in [0.1, 0.15) is 7.11 Å². The van der Waals surface area contributed by atoms with E-state index in [1.165, 1.54) is 0 Å². The van der Waals surface area contributed by atoms with Crippen LogP contribution in [0.3, 0.4) is 0 Å². The Kier molecular flexibility index (Phi) is 10.7. The van der Waals surface area contributed by atoms with Crippen LogP contribution < -0.4 is 11.1 Å². The molecule has 0 aromatic heterocycles. The second-order valence-electron chi connectivity index (χ2n) is 3.93.